The van der Waals surface area contributed by atoms with E-state index in [-0.39, 0.29) is 29.0 Å². The molecule has 1 fully saturated rings. The van der Waals surface area contributed by atoms with Crippen LogP contribution in [-0.2, 0) is 21.2 Å². The van der Waals surface area contributed by atoms with E-state index in [4.69, 9.17) is 21.1 Å². The van der Waals surface area contributed by atoms with Gasteiger partial charge in [0.2, 0.25) is 22.7 Å². The maximum Gasteiger partial charge on any atom is 0.244 e. The number of sulfonamides is 1. The minimum absolute atomic E-state index is 0.0228. The zero-order valence-electron chi connectivity index (χ0n) is 15.7. The minimum Gasteiger partial charge on any atom is -0.454 e. The van der Waals surface area contributed by atoms with Crippen molar-refractivity contribution in [2.75, 3.05) is 25.2 Å². The fourth-order valence-electron chi connectivity index (χ4n) is 3.42. The smallest absolute Gasteiger partial charge is 0.244 e. The third kappa shape index (κ3) is 4.34. The highest BCUT2D eigenvalue weighted by atomic mass is 35.5. The molecule has 9 heteroatoms. The van der Waals surface area contributed by atoms with E-state index in [1.807, 2.05) is 18.2 Å². The van der Waals surface area contributed by atoms with Crippen LogP contribution < -0.4 is 14.8 Å². The van der Waals surface area contributed by atoms with E-state index < -0.39 is 10.0 Å². The number of amides is 1. The van der Waals surface area contributed by atoms with Gasteiger partial charge in [-0.1, -0.05) is 17.7 Å². The Morgan fingerprint density at radius 1 is 1.07 bits per heavy atom. The zero-order chi connectivity index (χ0) is 20.4. The molecule has 0 bridgehead atoms. The van der Waals surface area contributed by atoms with Crippen molar-refractivity contribution >= 4 is 33.2 Å². The van der Waals surface area contributed by atoms with Crippen molar-refractivity contribution in [2.24, 2.45) is 0 Å². The van der Waals surface area contributed by atoms with Crippen LogP contribution in [0, 0.1) is 0 Å². The summed E-state index contributed by atoms with van der Waals surface area (Å²) in [6.45, 7) is 1.19. The maximum atomic E-state index is 12.8. The molecule has 0 unspecified atom stereocenters. The molecule has 154 valence electrons. The van der Waals surface area contributed by atoms with Crippen LogP contribution >= 0.6 is 11.6 Å². The number of hydrogen-bond acceptors (Lipinski definition) is 5. The Balaban J connectivity index is 1.42. The molecular weight excluding hydrogens is 416 g/mol. The van der Waals surface area contributed by atoms with Crippen LogP contribution in [0.5, 0.6) is 11.5 Å². The number of halogens is 1. The van der Waals surface area contributed by atoms with Gasteiger partial charge in [-0.25, -0.2) is 8.42 Å². The largest absolute Gasteiger partial charge is 0.454 e. The van der Waals surface area contributed by atoms with Gasteiger partial charge >= 0.3 is 0 Å². The number of nitrogens with zero attached hydrogens (tertiary/aromatic N) is 1. The molecule has 0 atom stereocenters. The van der Waals surface area contributed by atoms with E-state index in [0.717, 1.165) is 18.4 Å². The third-order valence-electron chi connectivity index (χ3n) is 4.98. The van der Waals surface area contributed by atoms with Crippen LogP contribution in [0.2, 0.25) is 5.02 Å². The predicted octanol–water partition coefficient (Wildman–Crippen LogP) is 3.42. The van der Waals surface area contributed by atoms with E-state index >= 15 is 0 Å². The SMILES string of the molecule is O=C(CCc1ccc2c(c1)OCO2)Nc1ccc(Cl)c(S(=O)(=O)N2CCCC2)c1. The van der Waals surface area contributed by atoms with Crippen LogP contribution in [0.1, 0.15) is 24.8 Å². The molecule has 0 saturated carbocycles. The van der Waals surface area contributed by atoms with Gasteiger partial charge < -0.3 is 14.8 Å². The number of rotatable bonds is 6. The summed E-state index contributed by atoms with van der Waals surface area (Å²) < 4.78 is 37.7. The van der Waals surface area contributed by atoms with E-state index in [1.54, 1.807) is 6.07 Å². The number of benzene rings is 2. The van der Waals surface area contributed by atoms with Crippen molar-refractivity contribution in [1.82, 2.24) is 4.31 Å². The highest BCUT2D eigenvalue weighted by Crippen LogP contribution is 2.33. The second-order valence-electron chi connectivity index (χ2n) is 6.99. The monoisotopic (exact) mass is 436 g/mol. The highest BCUT2D eigenvalue weighted by molar-refractivity contribution is 7.89. The van der Waals surface area contributed by atoms with Gasteiger partial charge in [0.15, 0.2) is 11.5 Å². The Bertz CT molecular complexity index is 1040. The summed E-state index contributed by atoms with van der Waals surface area (Å²) in [5, 5.41) is 2.91. The minimum atomic E-state index is -3.66. The third-order valence-corrected chi connectivity index (χ3v) is 7.36. The van der Waals surface area contributed by atoms with E-state index in [0.29, 0.717) is 36.7 Å². The van der Waals surface area contributed by atoms with Gasteiger partial charge in [0.1, 0.15) is 4.90 Å². The Hall–Kier alpha value is -2.29. The Morgan fingerprint density at radius 2 is 1.83 bits per heavy atom. The van der Waals surface area contributed by atoms with Crippen molar-refractivity contribution in [3.8, 4) is 11.5 Å². The molecule has 1 saturated heterocycles. The first-order chi connectivity index (χ1) is 13.9. The molecule has 0 aliphatic carbocycles. The molecule has 4 rings (SSSR count). The Morgan fingerprint density at radius 3 is 2.62 bits per heavy atom. The first-order valence-corrected chi connectivity index (χ1v) is 11.2. The summed E-state index contributed by atoms with van der Waals surface area (Å²) in [5.41, 5.74) is 1.36. The van der Waals surface area contributed by atoms with Crippen LogP contribution in [0.4, 0.5) is 5.69 Å². The van der Waals surface area contributed by atoms with Gasteiger partial charge in [-0.15, -0.1) is 0 Å². The van der Waals surface area contributed by atoms with Crippen LogP contribution in [0.15, 0.2) is 41.3 Å². The number of anilines is 1. The molecular formula is C20H21ClN2O5S. The van der Waals surface area contributed by atoms with Crippen LogP contribution in [0.25, 0.3) is 0 Å². The van der Waals surface area contributed by atoms with E-state index in [9.17, 15) is 13.2 Å². The fourth-order valence-corrected chi connectivity index (χ4v) is 5.44. The quantitative estimate of drug-likeness (QED) is 0.749. The highest BCUT2D eigenvalue weighted by Gasteiger charge is 2.29. The lowest BCUT2D eigenvalue weighted by atomic mass is 10.1. The molecule has 1 N–H and O–H groups in total. The molecule has 0 spiro atoms. The zero-order valence-corrected chi connectivity index (χ0v) is 17.3. The second kappa shape index (κ2) is 8.22. The molecule has 1 amide bonds. The van der Waals surface area contributed by atoms with Crippen molar-refractivity contribution < 1.29 is 22.7 Å². The number of nitrogens with one attached hydrogen (secondary N) is 1. The van der Waals surface area contributed by atoms with Gasteiger partial charge in [-0.2, -0.15) is 4.31 Å². The predicted molar refractivity (Wildman–Crippen MR) is 109 cm³/mol. The van der Waals surface area contributed by atoms with Gasteiger partial charge in [0.05, 0.1) is 5.02 Å². The van der Waals surface area contributed by atoms with Gasteiger partial charge in [-0.05, 0) is 55.2 Å². The Labute approximate surface area is 174 Å². The Kier molecular flexibility index (Phi) is 5.67. The molecule has 2 heterocycles. The number of fused-ring (bicyclic) bond motifs is 1. The first kappa shape index (κ1) is 20.0. The van der Waals surface area contributed by atoms with Crippen LogP contribution in [0.3, 0.4) is 0 Å². The van der Waals surface area contributed by atoms with Gasteiger partial charge in [-0.3, -0.25) is 4.79 Å². The molecule has 2 aliphatic rings. The van der Waals surface area contributed by atoms with E-state index in [1.165, 1.54) is 16.4 Å². The first-order valence-electron chi connectivity index (χ1n) is 9.41. The molecule has 29 heavy (non-hydrogen) atoms. The maximum absolute atomic E-state index is 12.8. The van der Waals surface area contributed by atoms with Gasteiger partial charge in [0, 0.05) is 25.2 Å². The number of ether oxygens (including phenoxy) is 2. The fraction of sp³-hybridized carbons (Fsp3) is 0.350. The summed E-state index contributed by atoms with van der Waals surface area (Å²) in [6, 6.07) is 10.1. The van der Waals surface area contributed by atoms with Gasteiger partial charge in [0.25, 0.3) is 0 Å². The summed E-state index contributed by atoms with van der Waals surface area (Å²) >= 11 is 6.14. The normalized spacial score (nSPS) is 16.2. The number of aryl methyl sites for hydroxylation is 1. The summed E-state index contributed by atoms with van der Waals surface area (Å²) in [7, 11) is -3.66. The lowest BCUT2D eigenvalue weighted by Crippen LogP contribution is -2.28. The second-order valence-corrected chi connectivity index (χ2v) is 9.31. The summed E-state index contributed by atoms with van der Waals surface area (Å²) in [4.78, 5) is 12.4. The summed E-state index contributed by atoms with van der Waals surface area (Å²) in [5.74, 6) is 1.16. The number of hydrogen-bond donors (Lipinski definition) is 1. The number of carbonyl (C=O) groups is 1. The molecule has 7 nitrogen and oxygen atoms in total. The molecule has 2 aromatic carbocycles. The lowest BCUT2D eigenvalue weighted by Gasteiger charge is -2.17. The molecule has 0 radical (unpaired) electrons. The van der Waals surface area contributed by atoms with E-state index in [2.05, 4.69) is 5.32 Å². The van der Waals surface area contributed by atoms with Crippen molar-refractivity contribution in [3.63, 3.8) is 0 Å². The standard InChI is InChI=1S/C20H21ClN2O5S/c21-16-6-5-15(12-19(16)29(25,26)23-9-1-2-10-23)22-20(24)8-4-14-3-7-17-18(11-14)28-13-27-17/h3,5-7,11-12H,1-2,4,8-10,13H2,(H,22,24). The van der Waals surface area contributed by atoms with Crippen molar-refractivity contribution in [3.05, 3.63) is 47.0 Å². The molecule has 0 aromatic heterocycles. The summed E-state index contributed by atoms with van der Waals surface area (Å²) in [6.07, 6.45) is 2.45. The average molecular weight is 437 g/mol. The topological polar surface area (TPSA) is 84.9 Å². The lowest BCUT2D eigenvalue weighted by molar-refractivity contribution is -0.116. The van der Waals surface area contributed by atoms with Crippen LogP contribution in [-0.4, -0.2) is 38.5 Å². The number of carbonyl (C=O) groups excluding carboxylic acids is 1. The molecule has 2 aliphatic heterocycles. The van der Waals surface area contributed by atoms with Crippen molar-refractivity contribution in [1.29, 1.82) is 0 Å². The molecule has 2 aromatic rings. The average Bonchev–Trinajstić information content (AvgIpc) is 3.39. The van der Waals surface area contributed by atoms with Crippen molar-refractivity contribution in [2.45, 2.75) is 30.6 Å².